The maximum Gasteiger partial charge on any atom is 0.350 e. The van der Waals surface area contributed by atoms with Crippen molar-refractivity contribution in [1.29, 1.82) is 0 Å². The first-order valence-electron chi connectivity index (χ1n) is 6.49. The van der Waals surface area contributed by atoms with Gasteiger partial charge in [-0.1, -0.05) is 13.3 Å². The topological polar surface area (TPSA) is 84.4 Å². The number of nitrogens with zero attached hydrogens (tertiary/aromatic N) is 4. The Kier molecular flexibility index (Phi) is 4.16. The molecule has 0 aliphatic carbocycles. The Hall–Kier alpha value is -1.89. The van der Waals surface area contributed by atoms with E-state index in [1.807, 2.05) is 6.92 Å². The lowest BCUT2D eigenvalue weighted by atomic mass is 10.3. The third-order valence-electron chi connectivity index (χ3n) is 2.88. The van der Waals surface area contributed by atoms with E-state index in [1.54, 1.807) is 12.4 Å². The van der Waals surface area contributed by atoms with Crippen LogP contribution < -0.4 is 11.0 Å². The Bertz CT molecular complexity index is 604. The first-order chi connectivity index (χ1) is 9.17. The van der Waals surface area contributed by atoms with Gasteiger partial charge in [0.15, 0.2) is 5.82 Å². The SMILES string of the molecule is CCCCn1nc2c(NC(C)CO)nccn2c1=O. The molecule has 0 radical (unpaired) electrons. The molecule has 0 saturated heterocycles. The van der Waals surface area contributed by atoms with E-state index in [0.717, 1.165) is 12.8 Å². The van der Waals surface area contributed by atoms with E-state index in [2.05, 4.69) is 22.3 Å². The summed E-state index contributed by atoms with van der Waals surface area (Å²) in [6, 6.07) is -0.144. The normalized spacial score (nSPS) is 12.8. The number of fused-ring (bicyclic) bond motifs is 1. The van der Waals surface area contributed by atoms with Crippen LogP contribution in [0.15, 0.2) is 17.2 Å². The van der Waals surface area contributed by atoms with Crippen LogP contribution in [0.1, 0.15) is 26.7 Å². The minimum absolute atomic E-state index is 0.0104. The average molecular weight is 265 g/mol. The van der Waals surface area contributed by atoms with Crippen molar-refractivity contribution in [2.24, 2.45) is 0 Å². The largest absolute Gasteiger partial charge is 0.394 e. The summed E-state index contributed by atoms with van der Waals surface area (Å²) < 4.78 is 2.92. The van der Waals surface area contributed by atoms with E-state index in [0.29, 0.717) is 18.0 Å². The second-order valence-corrected chi connectivity index (χ2v) is 4.56. The molecule has 0 amide bonds. The highest BCUT2D eigenvalue weighted by molar-refractivity contribution is 5.61. The molecule has 0 aliphatic rings. The molecule has 1 atom stereocenters. The maximum atomic E-state index is 12.1. The molecule has 2 rings (SSSR count). The van der Waals surface area contributed by atoms with Gasteiger partial charge >= 0.3 is 5.69 Å². The minimum atomic E-state index is -0.162. The number of rotatable bonds is 6. The third kappa shape index (κ3) is 2.76. The molecule has 2 heterocycles. The molecular formula is C12H19N5O2. The molecule has 0 fully saturated rings. The lowest BCUT2D eigenvalue weighted by molar-refractivity contribution is 0.281. The first kappa shape index (κ1) is 13.5. The van der Waals surface area contributed by atoms with Gasteiger partial charge in [-0.25, -0.2) is 18.9 Å². The monoisotopic (exact) mass is 265 g/mol. The summed E-state index contributed by atoms with van der Waals surface area (Å²) in [5.74, 6) is 0.511. The summed E-state index contributed by atoms with van der Waals surface area (Å²) in [5, 5.41) is 16.4. The molecule has 7 heteroatoms. The van der Waals surface area contributed by atoms with Gasteiger partial charge in [-0.05, 0) is 13.3 Å². The number of aryl methyl sites for hydroxylation is 1. The van der Waals surface area contributed by atoms with Crippen LogP contribution >= 0.6 is 0 Å². The molecule has 0 saturated carbocycles. The molecule has 2 aromatic rings. The van der Waals surface area contributed by atoms with Crippen molar-refractivity contribution in [2.75, 3.05) is 11.9 Å². The Morgan fingerprint density at radius 1 is 1.53 bits per heavy atom. The number of hydrogen-bond acceptors (Lipinski definition) is 5. The second-order valence-electron chi connectivity index (χ2n) is 4.56. The van der Waals surface area contributed by atoms with E-state index in [-0.39, 0.29) is 18.3 Å². The van der Waals surface area contributed by atoms with Gasteiger partial charge in [-0.3, -0.25) is 0 Å². The summed E-state index contributed by atoms with van der Waals surface area (Å²) in [4.78, 5) is 16.3. The van der Waals surface area contributed by atoms with E-state index >= 15 is 0 Å². The van der Waals surface area contributed by atoms with Gasteiger partial charge in [0, 0.05) is 25.0 Å². The molecule has 2 aromatic heterocycles. The van der Waals surface area contributed by atoms with Crippen molar-refractivity contribution in [3.8, 4) is 0 Å². The van der Waals surface area contributed by atoms with Crippen LogP contribution in [0.2, 0.25) is 0 Å². The zero-order valence-corrected chi connectivity index (χ0v) is 11.2. The zero-order valence-electron chi connectivity index (χ0n) is 11.2. The van der Waals surface area contributed by atoms with Crippen LogP contribution in [0.5, 0.6) is 0 Å². The highest BCUT2D eigenvalue weighted by Gasteiger charge is 2.12. The lowest BCUT2D eigenvalue weighted by Gasteiger charge is -2.10. The molecule has 2 N–H and O–H groups in total. The van der Waals surface area contributed by atoms with Crippen molar-refractivity contribution < 1.29 is 5.11 Å². The standard InChI is InChI=1S/C12H19N5O2/c1-3-4-6-17-12(19)16-7-5-13-10(11(16)15-17)14-9(2)8-18/h5,7,9,18H,3-4,6,8H2,1-2H3,(H,13,14). The number of aliphatic hydroxyl groups is 1. The second kappa shape index (κ2) is 5.83. The summed E-state index contributed by atoms with van der Waals surface area (Å²) in [5.41, 5.74) is 0.328. The average Bonchev–Trinajstić information content (AvgIpc) is 2.74. The Morgan fingerprint density at radius 3 is 3.00 bits per heavy atom. The van der Waals surface area contributed by atoms with Crippen LogP contribution in [0, 0.1) is 0 Å². The van der Waals surface area contributed by atoms with Gasteiger partial charge in [0.25, 0.3) is 0 Å². The predicted octanol–water partition coefficient (Wildman–Crippen LogP) is 0.484. The maximum absolute atomic E-state index is 12.1. The molecular weight excluding hydrogens is 246 g/mol. The van der Waals surface area contributed by atoms with Crippen LogP contribution in [0.4, 0.5) is 5.82 Å². The van der Waals surface area contributed by atoms with Crippen LogP contribution in [0.25, 0.3) is 5.65 Å². The van der Waals surface area contributed by atoms with Crippen LogP contribution in [-0.4, -0.2) is 36.9 Å². The number of aliphatic hydroxyl groups excluding tert-OH is 1. The van der Waals surface area contributed by atoms with Crippen molar-refractivity contribution in [2.45, 2.75) is 39.3 Å². The molecule has 0 aliphatic heterocycles. The van der Waals surface area contributed by atoms with Gasteiger partial charge in [-0.2, -0.15) is 0 Å². The fourth-order valence-electron chi connectivity index (χ4n) is 1.78. The number of aromatic nitrogens is 4. The van der Waals surface area contributed by atoms with Crippen molar-refractivity contribution in [3.05, 3.63) is 22.9 Å². The van der Waals surface area contributed by atoms with Gasteiger partial charge in [-0.15, -0.1) is 5.10 Å². The highest BCUT2D eigenvalue weighted by atomic mass is 16.3. The molecule has 0 aromatic carbocycles. The van der Waals surface area contributed by atoms with Gasteiger partial charge < -0.3 is 10.4 Å². The van der Waals surface area contributed by atoms with Gasteiger partial charge in [0.1, 0.15) is 0 Å². The molecule has 0 spiro atoms. The summed E-state index contributed by atoms with van der Waals surface area (Å²) in [6.45, 7) is 4.49. The fraction of sp³-hybridized carbons (Fsp3) is 0.583. The lowest BCUT2D eigenvalue weighted by Crippen LogP contribution is -2.22. The van der Waals surface area contributed by atoms with E-state index in [4.69, 9.17) is 5.11 Å². The van der Waals surface area contributed by atoms with Crippen molar-refractivity contribution in [3.63, 3.8) is 0 Å². The number of nitrogens with one attached hydrogen (secondary N) is 1. The molecule has 7 nitrogen and oxygen atoms in total. The quantitative estimate of drug-likeness (QED) is 0.793. The van der Waals surface area contributed by atoms with Crippen LogP contribution in [-0.2, 0) is 6.54 Å². The van der Waals surface area contributed by atoms with Crippen molar-refractivity contribution >= 4 is 11.5 Å². The molecule has 19 heavy (non-hydrogen) atoms. The molecule has 0 bridgehead atoms. The van der Waals surface area contributed by atoms with Gasteiger partial charge in [0.05, 0.1) is 6.61 Å². The van der Waals surface area contributed by atoms with E-state index < -0.39 is 0 Å². The van der Waals surface area contributed by atoms with E-state index in [9.17, 15) is 4.79 Å². The molecule has 1 unspecified atom stereocenters. The van der Waals surface area contributed by atoms with Crippen LogP contribution in [0.3, 0.4) is 0 Å². The third-order valence-corrected chi connectivity index (χ3v) is 2.88. The zero-order chi connectivity index (χ0) is 13.8. The Balaban J connectivity index is 2.41. The Morgan fingerprint density at radius 2 is 2.32 bits per heavy atom. The van der Waals surface area contributed by atoms with E-state index in [1.165, 1.54) is 9.08 Å². The number of unbranched alkanes of at least 4 members (excludes halogenated alkanes) is 1. The predicted molar refractivity (Wildman–Crippen MR) is 72.3 cm³/mol. The van der Waals surface area contributed by atoms with Gasteiger partial charge in [0.2, 0.25) is 5.65 Å². The van der Waals surface area contributed by atoms with Crippen molar-refractivity contribution in [1.82, 2.24) is 19.2 Å². The number of hydrogen-bond donors (Lipinski definition) is 2. The highest BCUT2D eigenvalue weighted by Crippen LogP contribution is 2.10. The summed E-state index contributed by atoms with van der Waals surface area (Å²) >= 11 is 0. The first-order valence-corrected chi connectivity index (χ1v) is 6.49. The summed E-state index contributed by atoms with van der Waals surface area (Å²) in [7, 11) is 0. The molecule has 104 valence electrons. The minimum Gasteiger partial charge on any atom is -0.394 e. The fourth-order valence-corrected chi connectivity index (χ4v) is 1.78. The summed E-state index contributed by atoms with van der Waals surface area (Å²) in [6.07, 6.45) is 5.06. The number of anilines is 1. The smallest absolute Gasteiger partial charge is 0.350 e. The Labute approximate surface area is 110 Å².